The van der Waals surface area contributed by atoms with E-state index < -0.39 is 41.9 Å². The second-order valence-electron chi connectivity index (χ2n) is 14.1. The Kier molecular flexibility index (Phi) is 53.6. The Hall–Kier alpha value is -4.93. The first-order valence-corrected chi connectivity index (χ1v) is 20.4. The van der Waals surface area contributed by atoms with Gasteiger partial charge in [-0.3, -0.25) is 38.6 Å². The SMILES string of the molecule is CCNC(=O)O.O.O.O=C(O)C(=O)O.O=C(O)C(=O)O.O=C(O)CCCCCN1C(=O)C=CC1=O.O=C(O)CCCCCN1C(=O)C=CC1=O.[CH2-][C@@H]1CCCC[C@H]1[NH-].[CH2-][C@@H]1CCCC[C@H]1[NH-].[Pt+2].[Pt+2]. The van der Waals surface area contributed by atoms with Crippen LogP contribution in [0.1, 0.15) is 110 Å². The van der Waals surface area contributed by atoms with Crippen molar-refractivity contribution in [1.82, 2.24) is 15.1 Å². The van der Waals surface area contributed by atoms with Crippen molar-refractivity contribution in [2.45, 2.75) is 122 Å². The second kappa shape index (κ2) is 47.1. The van der Waals surface area contributed by atoms with Crippen molar-refractivity contribution in [1.29, 1.82) is 0 Å². The van der Waals surface area contributed by atoms with Crippen LogP contribution < -0.4 is 5.32 Å². The summed E-state index contributed by atoms with van der Waals surface area (Å²) < 4.78 is 0. The molecule has 4 rings (SSSR count). The predicted molar refractivity (Wildman–Crippen MR) is 234 cm³/mol. The maximum absolute atomic E-state index is 11.1. The summed E-state index contributed by atoms with van der Waals surface area (Å²) in [5, 5.41) is 56.3. The molecule has 2 aliphatic heterocycles. The molecule has 0 bridgehead atoms. The van der Waals surface area contributed by atoms with Gasteiger partial charge >= 0.3 is 84.0 Å². The molecule has 0 spiro atoms. The van der Waals surface area contributed by atoms with Crippen LogP contribution in [0.5, 0.6) is 0 Å². The fraction of sp³-hybridized carbons (Fsp3) is 0.585. The topological polar surface area (TPSA) is 458 Å². The number of aliphatic carboxylic acids is 6. The standard InChI is InChI=1S/2C10H13NO4.2C7H13N.C3H7NO2.2C2H2O4.2H2O.2Pt/c2*12-8-5-6-9(13)11(8)7-3-1-2-4-10(14)15;2*1-6-4-2-3-5-7(6)8;1-2-4-3(5)6;2*3-1(4)2(5)6;;;;/h2*5-6H,1-4,7H2,(H,14,15);2*6-8H,1-5H2;4H,2H2,1H3,(H,5,6);2*(H,3,4)(H,5,6);2*1H2;;/q;;2*-2;;;;;;2*+2/t;;2*6-,7-;;;;;;;/m..11......./s1. The maximum atomic E-state index is 11.1. The van der Waals surface area contributed by atoms with E-state index >= 15 is 0 Å². The van der Waals surface area contributed by atoms with E-state index in [9.17, 15) is 33.6 Å². The molecule has 2 aliphatic carbocycles. The quantitative estimate of drug-likeness (QED) is 0.0569. The van der Waals surface area contributed by atoms with Crippen molar-refractivity contribution in [2.24, 2.45) is 11.8 Å². The smallest absolute Gasteiger partial charge is 0.677 e. The average molecular weight is 1340 g/mol. The number of unbranched alkanes of at least 4 members (excludes halogenated alkanes) is 4. The molecule has 4 atom stereocenters. The largest absolute Gasteiger partial charge is 2.00 e. The van der Waals surface area contributed by atoms with Crippen LogP contribution in [-0.2, 0) is 90.1 Å². The van der Waals surface area contributed by atoms with Gasteiger partial charge in [0.15, 0.2) is 0 Å². The molecule has 0 aromatic carbocycles. The molecule has 2 fully saturated rings. The predicted octanol–water partition coefficient (Wildman–Crippen LogP) is 2.91. The number of amides is 5. The van der Waals surface area contributed by atoms with Gasteiger partial charge in [0.05, 0.1) is 0 Å². The Labute approximate surface area is 423 Å². The molecule has 2 saturated carbocycles. The first-order valence-electron chi connectivity index (χ1n) is 20.4. The van der Waals surface area contributed by atoms with E-state index in [0.29, 0.717) is 70.0 Å². The molecular weight excluding hydrogens is 1270 g/mol. The molecule has 0 radical (unpaired) electrons. The number of carbonyl (C=O) groups is 11. The van der Waals surface area contributed by atoms with E-state index in [1.807, 2.05) is 0 Å². The monoisotopic (exact) mass is 1340 g/mol. The van der Waals surface area contributed by atoms with Crippen LogP contribution in [0.15, 0.2) is 24.3 Å². The molecule has 25 nitrogen and oxygen atoms in total. The number of carbonyl (C=O) groups excluding carboxylic acids is 4. The number of imide groups is 2. The molecule has 0 unspecified atom stereocenters. The molecule has 27 heteroatoms. The summed E-state index contributed by atoms with van der Waals surface area (Å²) >= 11 is 0. The van der Waals surface area contributed by atoms with Gasteiger partial charge in [0.2, 0.25) is 0 Å². The van der Waals surface area contributed by atoms with Crippen molar-refractivity contribution in [3.05, 3.63) is 49.6 Å². The Morgan fingerprint density at radius 3 is 0.956 bits per heavy atom. The Morgan fingerprint density at radius 2 is 0.794 bits per heavy atom. The van der Waals surface area contributed by atoms with Crippen molar-refractivity contribution in [3.63, 3.8) is 0 Å². The van der Waals surface area contributed by atoms with Crippen molar-refractivity contribution in [3.8, 4) is 0 Å². The van der Waals surface area contributed by atoms with Crippen LogP contribution in [-0.4, -0.2) is 154 Å². The molecule has 0 aromatic rings. The summed E-state index contributed by atoms with van der Waals surface area (Å²) in [6.07, 6.45) is 17.8. The Balaban J connectivity index is -0.000000131. The van der Waals surface area contributed by atoms with E-state index in [-0.39, 0.29) is 102 Å². The van der Waals surface area contributed by atoms with E-state index in [1.165, 1.54) is 72.6 Å². The fourth-order valence-corrected chi connectivity index (χ4v) is 5.32. The molecule has 5 amide bonds. The third kappa shape index (κ3) is 44.9. The first-order chi connectivity index (χ1) is 29.9. The number of carboxylic acids is 6. The minimum atomic E-state index is -1.82. The third-order valence-electron chi connectivity index (χ3n) is 8.86. The van der Waals surface area contributed by atoms with Crippen molar-refractivity contribution in [2.75, 3.05) is 19.6 Å². The van der Waals surface area contributed by atoms with Crippen LogP contribution in [0.4, 0.5) is 4.79 Å². The number of rotatable bonds is 13. The zero-order valence-corrected chi connectivity index (χ0v) is 42.2. The summed E-state index contributed by atoms with van der Waals surface area (Å²) in [5.74, 6) is -9.20. The maximum Gasteiger partial charge on any atom is 2.00 e. The molecule has 396 valence electrons. The van der Waals surface area contributed by atoms with E-state index in [0.717, 1.165) is 12.8 Å². The van der Waals surface area contributed by atoms with Crippen LogP contribution in [0.25, 0.3) is 11.5 Å². The zero-order valence-electron chi connectivity index (χ0n) is 37.6. The van der Waals surface area contributed by atoms with Crippen LogP contribution in [0.2, 0.25) is 0 Å². The minimum absolute atomic E-state index is 0. The van der Waals surface area contributed by atoms with Gasteiger partial charge in [-0.15, -0.1) is 0 Å². The molecule has 0 saturated heterocycles. The van der Waals surface area contributed by atoms with Crippen LogP contribution >= 0.6 is 0 Å². The third-order valence-corrected chi connectivity index (χ3v) is 8.86. The van der Waals surface area contributed by atoms with Gasteiger partial charge in [0, 0.05) is 56.8 Å². The summed E-state index contributed by atoms with van der Waals surface area (Å²) in [6.45, 7) is 10.8. The van der Waals surface area contributed by atoms with Crippen LogP contribution in [0.3, 0.4) is 0 Å². The normalized spacial score (nSPS) is 18.0. The first kappa shape index (κ1) is 77.3. The molecule has 14 N–H and O–H groups in total. The van der Waals surface area contributed by atoms with Gasteiger partial charge in [-0.25, -0.2) is 24.0 Å². The second-order valence-corrected chi connectivity index (χ2v) is 14.1. The van der Waals surface area contributed by atoms with Crippen molar-refractivity contribution >= 4 is 65.5 Å². The Bertz CT molecular complexity index is 1410. The van der Waals surface area contributed by atoms with E-state index in [1.54, 1.807) is 6.92 Å². The van der Waals surface area contributed by atoms with Gasteiger partial charge < -0.3 is 77.3 Å². The summed E-state index contributed by atoms with van der Waals surface area (Å²) in [6, 6.07) is 0.285. The minimum Gasteiger partial charge on any atom is -0.677 e. The van der Waals surface area contributed by atoms with E-state index in [4.69, 9.17) is 66.4 Å². The van der Waals surface area contributed by atoms with Crippen molar-refractivity contribution < 1.29 is 142 Å². The Morgan fingerprint density at radius 1 is 0.529 bits per heavy atom. The average Bonchev–Trinajstić information content (AvgIpc) is 3.71. The molecule has 68 heavy (non-hydrogen) atoms. The summed E-state index contributed by atoms with van der Waals surface area (Å²) in [5.41, 5.74) is 14.8. The molecule has 0 aromatic heterocycles. The molecular formula is C41H67N5O20Pt2. The van der Waals surface area contributed by atoms with Gasteiger partial charge in [-0.2, -0.15) is 23.9 Å². The van der Waals surface area contributed by atoms with Crippen LogP contribution in [0, 0.1) is 25.7 Å². The van der Waals surface area contributed by atoms with Gasteiger partial charge in [0.25, 0.3) is 23.6 Å². The summed E-state index contributed by atoms with van der Waals surface area (Å²) in [7, 11) is 0. The van der Waals surface area contributed by atoms with Gasteiger partial charge in [-0.1, -0.05) is 64.2 Å². The van der Waals surface area contributed by atoms with E-state index in [2.05, 4.69) is 19.2 Å². The van der Waals surface area contributed by atoms with Gasteiger partial charge in [0.1, 0.15) is 0 Å². The number of nitrogens with zero attached hydrogens (tertiary/aromatic N) is 2. The number of carboxylic acid groups (broad SMARTS) is 7. The molecule has 4 aliphatic rings. The fourth-order valence-electron chi connectivity index (χ4n) is 5.32. The van der Waals surface area contributed by atoms with Gasteiger partial charge in [-0.05, 0) is 32.6 Å². The zero-order chi connectivity index (χ0) is 49.8. The number of nitrogens with one attached hydrogen (secondary N) is 3. The number of hydrogen-bond donors (Lipinski definition) is 8. The molecule has 2 heterocycles. The summed E-state index contributed by atoms with van der Waals surface area (Å²) in [4.78, 5) is 113. The number of hydrogen-bond acceptors (Lipinski definition) is 11.